The highest BCUT2D eigenvalue weighted by molar-refractivity contribution is 5.94. The maximum absolute atomic E-state index is 11.8. The Morgan fingerprint density at radius 2 is 2.18 bits per heavy atom. The number of aromatic nitrogens is 3. The molecule has 0 bridgehead atoms. The molecule has 92 valence electrons. The quantitative estimate of drug-likeness (QED) is 0.768. The number of likely N-dealkylation sites (N-methyl/N-ethyl adjacent to an activating group) is 1. The van der Waals surface area contributed by atoms with Gasteiger partial charge < -0.3 is 9.80 Å². The van der Waals surface area contributed by atoms with Gasteiger partial charge in [0.1, 0.15) is 0 Å². The lowest BCUT2D eigenvalue weighted by Crippen LogP contribution is -2.39. The van der Waals surface area contributed by atoms with Crippen molar-refractivity contribution < 1.29 is 9.59 Å². The first-order chi connectivity index (χ1) is 8.18. The van der Waals surface area contributed by atoms with E-state index in [9.17, 15) is 9.59 Å². The zero-order valence-corrected chi connectivity index (χ0v) is 9.72. The van der Waals surface area contributed by atoms with E-state index in [2.05, 4.69) is 15.4 Å². The molecule has 2 rings (SSSR count). The Morgan fingerprint density at radius 3 is 2.76 bits per heavy atom. The maximum Gasteiger partial charge on any atom is 0.276 e. The van der Waals surface area contributed by atoms with Gasteiger partial charge in [0.15, 0.2) is 5.69 Å². The molecule has 1 N–H and O–H groups in total. The molecule has 0 aromatic carbocycles. The molecule has 2 amide bonds. The number of likely N-dealkylation sites (tertiary alicyclic amines) is 1. The van der Waals surface area contributed by atoms with E-state index in [4.69, 9.17) is 0 Å². The lowest BCUT2D eigenvalue weighted by atomic mass is 10.4. The normalized spacial score (nSPS) is 15.0. The Bertz CT molecular complexity index is 397. The van der Waals surface area contributed by atoms with Crippen molar-refractivity contribution >= 4 is 11.8 Å². The lowest BCUT2D eigenvalue weighted by Gasteiger charge is -2.20. The summed E-state index contributed by atoms with van der Waals surface area (Å²) < 4.78 is 0. The van der Waals surface area contributed by atoms with Gasteiger partial charge in [0.25, 0.3) is 5.91 Å². The molecule has 0 saturated carbocycles. The molecule has 0 unspecified atom stereocenters. The number of carbonyl (C=O) groups is 2. The number of hydrogen-bond donors (Lipinski definition) is 1. The first-order valence-electron chi connectivity index (χ1n) is 5.57. The second-order valence-electron chi connectivity index (χ2n) is 4.10. The van der Waals surface area contributed by atoms with Crippen LogP contribution in [0.3, 0.4) is 0 Å². The van der Waals surface area contributed by atoms with Gasteiger partial charge in [-0.25, -0.2) is 0 Å². The highest BCUT2D eigenvalue weighted by Crippen LogP contribution is 2.08. The smallest absolute Gasteiger partial charge is 0.276 e. The summed E-state index contributed by atoms with van der Waals surface area (Å²) >= 11 is 0. The fourth-order valence-corrected chi connectivity index (χ4v) is 1.84. The molecule has 1 aliphatic rings. The van der Waals surface area contributed by atoms with E-state index in [0.717, 1.165) is 25.9 Å². The lowest BCUT2D eigenvalue weighted by molar-refractivity contribution is -0.130. The van der Waals surface area contributed by atoms with Crippen LogP contribution in [0.4, 0.5) is 0 Å². The second-order valence-corrected chi connectivity index (χ2v) is 4.10. The van der Waals surface area contributed by atoms with Crippen LogP contribution in [0, 0.1) is 0 Å². The van der Waals surface area contributed by atoms with Crippen LogP contribution in [0.25, 0.3) is 0 Å². The van der Waals surface area contributed by atoms with E-state index < -0.39 is 0 Å². The fourth-order valence-electron chi connectivity index (χ4n) is 1.84. The van der Waals surface area contributed by atoms with Crippen molar-refractivity contribution in [3.05, 3.63) is 11.9 Å². The van der Waals surface area contributed by atoms with Gasteiger partial charge in [-0.2, -0.15) is 15.4 Å². The molecule has 1 fully saturated rings. The molecule has 0 spiro atoms. The van der Waals surface area contributed by atoms with Crippen LogP contribution < -0.4 is 0 Å². The SMILES string of the molecule is CN(CC(=O)N1CCCC1)C(=O)c1cn[nH]n1. The zero-order chi connectivity index (χ0) is 12.3. The minimum Gasteiger partial charge on any atom is -0.341 e. The number of rotatable bonds is 3. The van der Waals surface area contributed by atoms with Crippen LogP contribution in [-0.2, 0) is 4.79 Å². The van der Waals surface area contributed by atoms with Crippen molar-refractivity contribution in [2.75, 3.05) is 26.7 Å². The highest BCUT2D eigenvalue weighted by atomic mass is 16.2. The van der Waals surface area contributed by atoms with Crippen LogP contribution in [-0.4, -0.2) is 63.7 Å². The van der Waals surface area contributed by atoms with Gasteiger partial charge in [0.2, 0.25) is 5.91 Å². The van der Waals surface area contributed by atoms with Gasteiger partial charge in [0.05, 0.1) is 12.7 Å². The molecule has 1 saturated heterocycles. The predicted molar refractivity (Wildman–Crippen MR) is 59.2 cm³/mol. The summed E-state index contributed by atoms with van der Waals surface area (Å²) in [5.41, 5.74) is 0.224. The molecule has 1 aliphatic heterocycles. The van der Waals surface area contributed by atoms with E-state index in [1.807, 2.05) is 0 Å². The van der Waals surface area contributed by atoms with Crippen LogP contribution in [0.15, 0.2) is 6.20 Å². The van der Waals surface area contributed by atoms with Crippen molar-refractivity contribution in [2.45, 2.75) is 12.8 Å². The van der Waals surface area contributed by atoms with Crippen molar-refractivity contribution in [3.8, 4) is 0 Å². The molecule has 0 radical (unpaired) electrons. The fraction of sp³-hybridized carbons (Fsp3) is 0.600. The van der Waals surface area contributed by atoms with Crippen LogP contribution in [0.1, 0.15) is 23.3 Å². The average molecular weight is 237 g/mol. The summed E-state index contributed by atoms with van der Waals surface area (Å²) in [4.78, 5) is 26.8. The Hall–Kier alpha value is -1.92. The second kappa shape index (κ2) is 4.94. The summed E-state index contributed by atoms with van der Waals surface area (Å²) in [6, 6.07) is 0. The van der Waals surface area contributed by atoms with Gasteiger partial charge in [-0.05, 0) is 12.8 Å². The molecule has 2 heterocycles. The third kappa shape index (κ3) is 2.61. The summed E-state index contributed by atoms with van der Waals surface area (Å²) in [7, 11) is 1.59. The topological polar surface area (TPSA) is 82.2 Å². The molecule has 7 heteroatoms. The van der Waals surface area contributed by atoms with Gasteiger partial charge >= 0.3 is 0 Å². The molecular formula is C10H15N5O2. The number of aromatic amines is 1. The number of nitrogens with one attached hydrogen (secondary N) is 1. The third-order valence-electron chi connectivity index (χ3n) is 2.81. The van der Waals surface area contributed by atoms with E-state index in [1.165, 1.54) is 11.1 Å². The van der Waals surface area contributed by atoms with Crippen molar-refractivity contribution in [1.29, 1.82) is 0 Å². The monoisotopic (exact) mass is 237 g/mol. The number of amides is 2. The van der Waals surface area contributed by atoms with Gasteiger partial charge in [-0.3, -0.25) is 9.59 Å². The maximum atomic E-state index is 11.8. The first-order valence-corrected chi connectivity index (χ1v) is 5.57. The average Bonchev–Trinajstić information content (AvgIpc) is 3.00. The summed E-state index contributed by atoms with van der Waals surface area (Å²) in [6.07, 6.45) is 3.44. The molecular weight excluding hydrogens is 222 g/mol. The first kappa shape index (κ1) is 11.6. The van der Waals surface area contributed by atoms with Gasteiger partial charge in [-0.1, -0.05) is 0 Å². The Labute approximate surface area is 98.8 Å². The van der Waals surface area contributed by atoms with E-state index in [1.54, 1.807) is 11.9 Å². The van der Waals surface area contributed by atoms with E-state index >= 15 is 0 Å². The Morgan fingerprint density at radius 1 is 1.47 bits per heavy atom. The van der Waals surface area contributed by atoms with E-state index in [0.29, 0.717) is 0 Å². The largest absolute Gasteiger partial charge is 0.341 e. The zero-order valence-electron chi connectivity index (χ0n) is 9.72. The van der Waals surface area contributed by atoms with Crippen molar-refractivity contribution in [2.24, 2.45) is 0 Å². The van der Waals surface area contributed by atoms with Crippen LogP contribution >= 0.6 is 0 Å². The molecule has 0 atom stereocenters. The number of hydrogen-bond acceptors (Lipinski definition) is 4. The van der Waals surface area contributed by atoms with Gasteiger partial charge in [0, 0.05) is 20.1 Å². The molecule has 0 aliphatic carbocycles. The summed E-state index contributed by atoms with van der Waals surface area (Å²) in [6.45, 7) is 1.68. The summed E-state index contributed by atoms with van der Waals surface area (Å²) in [5.74, 6) is -0.312. The Balaban J connectivity index is 1.90. The number of H-pyrrole nitrogens is 1. The van der Waals surface area contributed by atoms with Crippen LogP contribution in [0.2, 0.25) is 0 Å². The molecule has 1 aromatic rings. The highest BCUT2D eigenvalue weighted by Gasteiger charge is 2.22. The molecule has 17 heavy (non-hydrogen) atoms. The third-order valence-corrected chi connectivity index (χ3v) is 2.81. The van der Waals surface area contributed by atoms with E-state index in [-0.39, 0.29) is 24.1 Å². The molecule has 7 nitrogen and oxygen atoms in total. The van der Waals surface area contributed by atoms with Crippen LogP contribution in [0.5, 0.6) is 0 Å². The number of nitrogens with zero attached hydrogens (tertiary/aromatic N) is 4. The number of carbonyl (C=O) groups excluding carboxylic acids is 2. The minimum absolute atomic E-state index is 0.0122. The minimum atomic E-state index is -0.300. The van der Waals surface area contributed by atoms with Crippen molar-refractivity contribution in [1.82, 2.24) is 25.2 Å². The standard InChI is InChI=1S/C10H15N5O2/c1-14(10(17)8-6-11-13-12-8)7-9(16)15-4-2-3-5-15/h6H,2-5,7H2,1H3,(H,11,12,13). The predicted octanol–water partition coefficient (Wildman–Crippen LogP) is -0.501. The van der Waals surface area contributed by atoms with Gasteiger partial charge in [-0.15, -0.1) is 0 Å². The summed E-state index contributed by atoms with van der Waals surface area (Å²) in [5, 5.41) is 9.62. The Kier molecular flexibility index (Phi) is 3.36. The molecule has 1 aromatic heterocycles. The van der Waals surface area contributed by atoms with Crippen molar-refractivity contribution in [3.63, 3.8) is 0 Å².